The average molecular weight is 195 g/mol. The molecule has 0 aromatic carbocycles. The highest BCUT2D eigenvalue weighted by Gasteiger charge is 2.34. The lowest BCUT2D eigenvalue weighted by atomic mass is 9.73. The molecule has 0 aromatic heterocycles. The third kappa shape index (κ3) is 2.31. The number of hydrogen-bond donors (Lipinski definition) is 1. The molecule has 82 valence electrons. The fourth-order valence-electron chi connectivity index (χ4n) is 3.62. The molecule has 2 N–H and O–H groups in total. The first-order valence-electron chi connectivity index (χ1n) is 6.55. The van der Waals surface area contributed by atoms with E-state index in [1.165, 1.54) is 64.2 Å². The summed E-state index contributed by atoms with van der Waals surface area (Å²) in [6.45, 7) is 0.948. The first-order valence-corrected chi connectivity index (χ1v) is 6.55. The minimum absolute atomic E-state index is 0.571. The van der Waals surface area contributed by atoms with Crippen LogP contribution in [0.1, 0.15) is 64.2 Å². The molecule has 2 aliphatic rings. The van der Waals surface area contributed by atoms with Gasteiger partial charge in [0, 0.05) is 0 Å². The van der Waals surface area contributed by atoms with Gasteiger partial charge in [0.1, 0.15) is 0 Å². The monoisotopic (exact) mass is 195 g/mol. The summed E-state index contributed by atoms with van der Waals surface area (Å²) in [6.07, 6.45) is 14.6. The zero-order valence-corrected chi connectivity index (χ0v) is 9.43. The zero-order valence-electron chi connectivity index (χ0n) is 9.43. The van der Waals surface area contributed by atoms with Crippen molar-refractivity contribution >= 4 is 0 Å². The van der Waals surface area contributed by atoms with E-state index in [0.717, 1.165) is 12.5 Å². The largest absolute Gasteiger partial charge is 0.330 e. The second kappa shape index (κ2) is 4.65. The molecule has 0 aromatic rings. The Bertz CT molecular complexity index is 164. The molecule has 14 heavy (non-hydrogen) atoms. The highest BCUT2D eigenvalue weighted by atomic mass is 14.6. The molecule has 2 fully saturated rings. The van der Waals surface area contributed by atoms with Gasteiger partial charge in [-0.1, -0.05) is 44.9 Å². The fraction of sp³-hybridized carbons (Fsp3) is 1.00. The summed E-state index contributed by atoms with van der Waals surface area (Å²) in [6, 6.07) is 0. The first-order chi connectivity index (χ1) is 6.85. The number of nitrogens with two attached hydrogens (primary N) is 1. The summed E-state index contributed by atoms with van der Waals surface area (Å²) in [5.74, 6) is 1.02. The summed E-state index contributed by atoms with van der Waals surface area (Å²) in [4.78, 5) is 0. The topological polar surface area (TPSA) is 26.0 Å². The standard InChI is InChI=1S/C13H25N/c14-11-13(8-4-5-9-13)10-12-6-2-1-3-7-12/h12H,1-11,14H2. The second-order valence-electron chi connectivity index (χ2n) is 5.62. The predicted octanol–water partition coefficient (Wildman–Crippen LogP) is 3.48. The van der Waals surface area contributed by atoms with Gasteiger partial charge in [-0.2, -0.15) is 0 Å². The third-order valence-corrected chi connectivity index (χ3v) is 4.54. The van der Waals surface area contributed by atoms with E-state index in [1.54, 1.807) is 0 Å². The number of hydrogen-bond acceptors (Lipinski definition) is 1. The Morgan fingerprint density at radius 3 is 2.14 bits per heavy atom. The predicted molar refractivity (Wildman–Crippen MR) is 61.1 cm³/mol. The van der Waals surface area contributed by atoms with Gasteiger partial charge >= 0.3 is 0 Å². The van der Waals surface area contributed by atoms with E-state index >= 15 is 0 Å². The molecular weight excluding hydrogens is 170 g/mol. The van der Waals surface area contributed by atoms with Crippen molar-refractivity contribution in [2.75, 3.05) is 6.54 Å². The SMILES string of the molecule is NCC1(CC2CCCCC2)CCCC1. The van der Waals surface area contributed by atoms with Crippen molar-refractivity contribution in [1.29, 1.82) is 0 Å². The van der Waals surface area contributed by atoms with Gasteiger partial charge in [-0.25, -0.2) is 0 Å². The molecule has 2 rings (SSSR count). The maximum Gasteiger partial charge on any atom is -0.00204 e. The lowest BCUT2D eigenvalue weighted by molar-refractivity contribution is 0.195. The third-order valence-electron chi connectivity index (χ3n) is 4.54. The maximum absolute atomic E-state index is 5.99. The Morgan fingerprint density at radius 2 is 1.57 bits per heavy atom. The molecule has 0 saturated heterocycles. The summed E-state index contributed by atoms with van der Waals surface area (Å²) in [5, 5.41) is 0. The van der Waals surface area contributed by atoms with E-state index in [0.29, 0.717) is 5.41 Å². The van der Waals surface area contributed by atoms with E-state index in [4.69, 9.17) is 5.73 Å². The minimum Gasteiger partial charge on any atom is -0.330 e. The molecule has 2 aliphatic carbocycles. The second-order valence-corrected chi connectivity index (χ2v) is 5.62. The van der Waals surface area contributed by atoms with Crippen molar-refractivity contribution in [2.24, 2.45) is 17.1 Å². The quantitative estimate of drug-likeness (QED) is 0.733. The van der Waals surface area contributed by atoms with Crippen LogP contribution in [0, 0.1) is 11.3 Å². The lowest BCUT2D eigenvalue weighted by Gasteiger charge is -2.33. The van der Waals surface area contributed by atoms with Gasteiger partial charge in [0.15, 0.2) is 0 Å². The molecule has 1 nitrogen and oxygen atoms in total. The van der Waals surface area contributed by atoms with Gasteiger partial charge < -0.3 is 5.73 Å². The lowest BCUT2D eigenvalue weighted by Crippen LogP contribution is -2.30. The van der Waals surface area contributed by atoms with Gasteiger partial charge in [0.25, 0.3) is 0 Å². The van der Waals surface area contributed by atoms with Crippen molar-refractivity contribution in [3.63, 3.8) is 0 Å². The fourth-order valence-corrected chi connectivity index (χ4v) is 3.62. The van der Waals surface area contributed by atoms with Crippen LogP contribution < -0.4 is 5.73 Å². The van der Waals surface area contributed by atoms with Crippen LogP contribution >= 0.6 is 0 Å². The van der Waals surface area contributed by atoms with Crippen LogP contribution in [-0.4, -0.2) is 6.54 Å². The van der Waals surface area contributed by atoms with Gasteiger partial charge in [0.2, 0.25) is 0 Å². The van der Waals surface area contributed by atoms with Gasteiger partial charge in [-0.3, -0.25) is 0 Å². The van der Waals surface area contributed by atoms with Crippen molar-refractivity contribution in [3.05, 3.63) is 0 Å². The summed E-state index contributed by atoms with van der Waals surface area (Å²) in [5.41, 5.74) is 6.56. The smallest absolute Gasteiger partial charge is 0.00204 e. The number of rotatable bonds is 3. The molecule has 0 radical (unpaired) electrons. The van der Waals surface area contributed by atoms with E-state index in [1.807, 2.05) is 0 Å². The molecule has 2 saturated carbocycles. The van der Waals surface area contributed by atoms with Crippen molar-refractivity contribution in [1.82, 2.24) is 0 Å². The first kappa shape index (κ1) is 10.5. The molecule has 0 amide bonds. The highest BCUT2D eigenvalue weighted by molar-refractivity contribution is 4.88. The van der Waals surface area contributed by atoms with Crippen LogP contribution in [0.2, 0.25) is 0 Å². The van der Waals surface area contributed by atoms with E-state index < -0.39 is 0 Å². The molecule has 0 aliphatic heterocycles. The summed E-state index contributed by atoms with van der Waals surface area (Å²) < 4.78 is 0. The molecule has 0 atom stereocenters. The molecule has 1 heteroatoms. The van der Waals surface area contributed by atoms with Gasteiger partial charge in [-0.05, 0) is 37.1 Å². The maximum atomic E-state index is 5.99. The van der Waals surface area contributed by atoms with E-state index in [-0.39, 0.29) is 0 Å². The molecular formula is C13H25N. The van der Waals surface area contributed by atoms with Crippen LogP contribution in [0.3, 0.4) is 0 Å². The van der Waals surface area contributed by atoms with E-state index in [2.05, 4.69) is 0 Å². The van der Waals surface area contributed by atoms with Crippen LogP contribution in [0.4, 0.5) is 0 Å². The van der Waals surface area contributed by atoms with Crippen molar-refractivity contribution < 1.29 is 0 Å². The molecule has 0 bridgehead atoms. The van der Waals surface area contributed by atoms with Crippen molar-refractivity contribution in [2.45, 2.75) is 64.2 Å². The zero-order chi connectivity index (χ0) is 9.86. The van der Waals surface area contributed by atoms with Crippen molar-refractivity contribution in [3.8, 4) is 0 Å². The Morgan fingerprint density at radius 1 is 0.929 bits per heavy atom. The summed E-state index contributed by atoms with van der Waals surface area (Å²) in [7, 11) is 0. The average Bonchev–Trinajstić information content (AvgIpc) is 2.69. The van der Waals surface area contributed by atoms with Crippen LogP contribution in [0.15, 0.2) is 0 Å². The Labute approximate surface area is 88.4 Å². The van der Waals surface area contributed by atoms with Gasteiger partial charge in [-0.15, -0.1) is 0 Å². The molecule has 0 heterocycles. The Hall–Kier alpha value is -0.0400. The minimum atomic E-state index is 0.571. The normalized spacial score (nSPS) is 28.1. The van der Waals surface area contributed by atoms with E-state index in [9.17, 15) is 0 Å². The Balaban J connectivity index is 1.86. The van der Waals surface area contributed by atoms with Crippen LogP contribution in [-0.2, 0) is 0 Å². The molecule has 0 unspecified atom stereocenters. The highest BCUT2D eigenvalue weighted by Crippen LogP contribution is 2.44. The molecule has 0 spiro atoms. The van der Waals surface area contributed by atoms with Gasteiger partial charge in [0.05, 0.1) is 0 Å². The van der Waals surface area contributed by atoms with Crippen LogP contribution in [0.25, 0.3) is 0 Å². The Kier molecular flexibility index (Phi) is 3.48. The summed E-state index contributed by atoms with van der Waals surface area (Å²) >= 11 is 0. The van der Waals surface area contributed by atoms with Crippen LogP contribution in [0.5, 0.6) is 0 Å².